The van der Waals surface area contributed by atoms with Gasteiger partial charge in [-0.05, 0) is 69.2 Å². The van der Waals surface area contributed by atoms with Gasteiger partial charge in [0.2, 0.25) is 0 Å². The Morgan fingerprint density at radius 3 is 2.17 bits per heavy atom. The summed E-state index contributed by atoms with van der Waals surface area (Å²) in [6, 6.07) is 11.6. The van der Waals surface area contributed by atoms with Crippen molar-refractivity contribution in [2.45, 2.75) is 52.0 Å². The number of hydrogen-bond acceptors (Lipinski definition) is 5. The molecule has 1 amide bonds. The first-order valence-electron chi connectivity index (χ1n) is 12.8. The zero-order valence-electron chi connectivity index (χ0n) is 21.5. The summed E-state index contributed by atoms with van der Waals surface area (Å²) in [7, 11) is 1.53. The third-order valence-corrected chi connectivity index (χ3v) is 6.63. The highest BCUT2D eigenvalue weighted by Crippen LogP contribution is 2.40. The highest BCUT2D eigenvalue weighted by atomic mass is 19.1. The average molecular weight is 497 g/mol. The Hall–Kier alpha value is -3.19. The molecular formula is C29H37FN2O4. The van der Waals surface area contributed by atoms with E-state index in [1.807, 2.05) is 0 Å². The van der Waals surface area contributed by atoms with Gasteiger partial charge in [0.1, 0.15) is 17.3 Å². The van der Waals surface area contributed by atoms with Crippen LogP contribution in [0, 0.1) is 5.82 Å². The number of unbranched alkanes of at least 4 members (excludes halogenated alkanes) is 2. The number of halogens is 1. The Balaban J connectivity index is 1.92. The molecule has 0 spiro atoms. The summed E-state index contributed by atoms with van der Waals surface area (Å²) in [5.74, 6) is -1.77. The van der Waals surface area contributed by atoms with Crippen molar-refractivity contribution in [1.82, 2.24) is 9.80 Å². The van der Waals surface area contributed by atoms with Gasteiger partial charge in [0, 0.05) is 17.7 Å². The van der Waals surface area contributed by atoms with Crippen molar-refractivity contribution in [2.24, 2.45) is 0 Å². The lowest BCUT2D eigenvalue weighted by Crippen LogP contribution is -2.34. The van der Waals surface area contributed by atoms with Crippen molar-refractivity contribution in [3.05, 3.63) is 71.0 Å². The number of aliphatic hydroxyl groups is 1. The summed E-state index contributed by atoms with van der Waals surface area (Å²) in [5.41, 5.74) is 0.463. The van der Waals surface area contributed by atoms with Crippen LogP contribution in [0.4, 0.5) is 4.39 Å². The Morgan fingerprint density at radius 1 is 0.972 bits per heavy atom. The second kappa shape index (κ2) is 13.2. The van der Waals surface area contributed by atoms with E-state index in [4.69, 9.17) is 4.74 Å². The number of ketones is 1. The van der Waals surface area contributed by atoms with Crippen LogP contribution in [0.5, 0.6) is 5.75 Å². The maximum Gasteiger partial charge on any atom is 0.295 e. The van der Waals surface area contributed by atoms with Gasteiger partial charge >= 0.3 is 0 Å². The van der Waals surface area contributed by atoms with E-state index < -0.39 is 23.5 Å². The van der Waals surface area contributed by atoms with E-state index in [2.05, 4.69) is 18.7 Å². The van der Waals surface area contributed by atoms with Crippen molar-refractivity contribution in [3.8, 4) is 5.75 Å². The van der Waals surface area contributed by atoms with Gasteiger partial charge in [-0.15, -0.1) is 0 Å². The number of carbonyl (C=O) groups is 2. The lowest BCUT2D eigenvalue weighted by Gasteiger charge is -2.27. The molecule has 0 unspecified atom stereocenters. The standard InChI is InChI=1S/C29H37FN2O4/c1-4-6-17-31(18-7-5-2)19-10-20-32-26(23-11-8-9-12-24(23)30)25(28(34)29(32)35)27(33)21-13-15-22(36-3)16-14-21/h8-9,11-16,26,33H,4-7,10,17-20H2,1-3H3/t26-/m1/s1. The first kappa shape index (κ1) is 27.4. The van der Waals surface area contributed by atoms with E-state index in [1.54, 1.807) is 42.5 Å². The predicted molar refractivity (Wildman–Crippen MR) is 139 cm³/mol. The smallest absolute Gasteiger partial charge is 0.295 e. The monoisotopic (exact) mass is 496 g/mol. The Labute approximate surface area is 213 Å². The summed E-state index contributed by atoms with van der Waals surface area (Å²) in [6.07, 6.45) is 5.07. The Bertz CT molecular complexity index is 1060. The molecule has 1 aliphatic heterocycles. The van der Waals surface area contributed by atoms with Crippen LogP contribution in [0.3, 0.4) is 0 Å². The minimum atomic E-state index is -0.993. The fourth-order valence-corrected chi connectivity index (χ4v) is 4.60. The van der Waals surface area contributed by atoms with Crippen LogP contribution in [-0.2, 0) is 9.59 Å². The van der Waals surface area contributed by atoms with Gasteiger partial charge in [-0.2, -0.15) is 0 Å². The minimum Gasteiger partial charge on any atom is -0.507 e. The van der Waals surface area contributed by atoms with Gasteiger partial charge in [-0.3, -0.25) is 9.59 Å². The Kier molecular flexibility index (Phi) is 10.1. The quantitative estimate of drug-likeness (QED) is 0.224. The molecule has 36 heavy (non-hydrogen) atoms. The fourth-order valence-electron chi connectivity index (χ4n) is 4.60. The zero-order valence-corrected chi connectivity index (χ0v) is 21.5. The molecule has 3 rings (SSSR count). The van der Waals surface area contributed by atoms with E-state index in [0.717, 1.165) is 45.3 Å². The van der Waals surface area contributed by atoms with E-state index in [-0.39, 0.29) is 23.4 Å². The zero-order chi connectivity index (χ0) is 26.1. The molecule has 2 aromatic carbocycles. The molecule has 6 nitrogen and oxygen atoms in total. The number of Topliss-reactive ketones (excluding diaryl/α,β-unsaturated/α-hetero) is 1. The number of likely N-dealkylation sites (tertiary alicyclic amines) is 1. The molecule has 7 heteroatoms. The first-order chi connectivity index (χ1) is 17.4. The van der Waals surface area contributed by atoms with Gasteiger partial charge in [0.05, 0.1) is 18.7 Å². The van der Waals surface area contributed by atoms with Gasteiger partial charge in [-0.25, -0.2) is 4.39 Å². The number of aliphatic hydroxyl groups excluding tert-OH is 1. The molecule has 0 bridgehead atoms. The average Bonchev–Trinajstić information content (AvgIpc) is 3.14. The Morgan fingerprint density at radius 2 is 1.58 bits per heavy atom. The molecule has 1 fully saturated rings. The lowest BCUT2D eigenvalue weighted by molar-refractivity contribution is -0.140. The highest BCUT2D eigenvalue weighted by Gasteiger charge is 2.46. The molecule has 1 saturated heterocycles. The highest BCUT2D eigenvalue weighted by molar-refractivity contribution is 6.46. The molecule has 0 radical (unpaired) electrons. The summed E-state index contributed by atoms with van der Waals surface area (Å²) in [5, 5.41) is 11.1. The van der Waals surface area contributed by atoms with Crippen LogP contribution in [0.2, 0.25) is 0 Å². The number of hydrogen-bond donors (Lipinski definition) is 1. The summed E-state index contributed by atoms with van der Waals surface area (Å²) < 4.78 is 20.1. The maximum atomic E-state index is 15.0. The predicted octanol–water partition coefficient (Wildman–Crippen LogP) is 5.55. The van der Waals surface area contributed by atoms with Crippen LogP contribution >= 0.6 is 0 Å². The first-order valence-corrected chi connectivity index (χ1v) is 12.8. The number of methoxy groups -OCH3 is 1. The van der Waals surface area contributed by atoms with Gasteiger partial charge < -0.3 is 19.6 Å². The largest absolute Gasteiger partial charge is 0.507 e. The van der Waals surface area contributed by atoms with Crippen LogP contribution in [-0.4, -0.2) is 59.9 Å². The molecule has 2 aromatic rings. The molecule has 1 heterocycles. The molecule has 1 atom stereocenters. The molecular weight excluding hydrogens is 459 g/mol. The number of amides is 1. The second-order valence-corrected chi connectivity index (χ2v) is 9.14. The van der Waals surface area contributed by atoms with Gasteiger partial charge in [0.15, 0.2) is 0 Å². The maximum absolute atomic E-state index is 15.0. The summed E-state index contributed by atoms with van der Waals surface area (Å²) in [4.78, 5) is 30.1. The minimum absolute atomic E-state index is 0.0934. The molecule has 1 aliphatic rings. The van der Waals surface area contributed by atoms with E-state index in [1.165, 1.54) is 18.1 Å². The van der Waals surface area contributed by atoms with E-state index >= 15 is 0 Å². The SMILES string of the molecule is CCCCN(CCCC)CCCN1C(=O)C(=O)C(=C(O)c2ccc(OC)cc2)[C@H]1c1ccccc1F. The topological polar surface area (TPSA) is 70.1 Å². The van der Waals surface area contributed by atoms with Crippen molar-refractivity contribution in [3.63, 3.8) is 0 Å². The number of carbonyl (C=O) groups excluding carboxylic acids is 2. The van der Waals surface area contributed by atoms with Gasteiger partial charge in [0.25, 0.3) is 11.7 Å². The normalized spacial score (nSPS) is 17.2. The fraction of sp³-hybridized carbons (Fsp3) is 0.448. The van der Waals surface area contributed by atoms with Crippen LogP contribution in [0.25, 0.3) is 5.76 Å². The lowest BCUT2D eigenvalue weighted by atomic mass is 9.95. The molecule has 0 saturated carbocycles. The van der Waals surface area contributed by atoms with E-state index in [9.17, 15) is 19.1 Å². The number of benzene rings is 2. The van der Waals surface area contributed by atoms with Crippen molar-refractivity contribution in [1.29, 1.82) is 0 Å². The van der Waals surface area contributed by atoms with Gasteiger partial charge in [-0.1, -0.05) is 44.9 Å². The van der Waals surface area contributed by atoms with Crippen LogP contribution in [0.1, 0.15) is 63.1 Å². The molecule has 0 aliphatic carbocycles. The van der Waals surface area contributed by atoms with Crippen molar-refractivity contribution < 1.29 is 23.8 Å². The number of ether oxygens (including phenoxy) is 1. The molecule has 1 N–H and O–H groups in total. The van der Waals surface area contributed by atoms with Crippen molar-refractivity contribution >= 4 is 17.4 Å². The summed E-state index contributed by atoms with van der Waals surface area (Å²) in [6.45, 7) is 7.37. The molecule has 0 aromatic heterocycles. The molecule has 194 valence electrons. The van der Waals surface area contributed by atoms with Crippen molar-refractivity contribution in [2.75, 3.05) is 33.3 Å². The third-order valence-electron chi connectivity index (χ3n) is 6.63. The van der Waals surface area contributed by atoms with Crippen LogP contribution < -0.4 is 4.74 Å². The summed E-state index contributed by atoms with van der Waals surface area (Å²) >= 11 is 0. The number of rotatable bonds is 13. The van der Waals surface area contributed by atoms with Crippen LogP contribution in [0.15, 0.2) is 54.1 Å². The second-order valence-electron chi connectivity index (χ2n) is 9.14. The number of nitrogens with zero attached hydrogens (tertiary/aromatic N) is 2. The third kappa shape index (κ3) is 6.32. The van der Waals surface area contributed by atoms with E-state index in [0.29, 0.717) is 17.7 Å².